The molecule has 2 heterocycles. The van der Waals surface area contributed by atoms with Crippen LogP contribution in [0.2, 0.25) is 0 Å². The molecule has 0 unspecified atom stereocenters. The molecule has 0 radical (unpaired) electrons. The number of fused-ring (bicyclic) bond motifs is 1. The molecule has 0 amide bonds. The maximum Gasteiger partial charge on any atom is 0.319 e. The van der Waals surface area contributed by atoms with Crippen LogP contribution in [0.15, 0.2) is 6.07 Å². The second-order valence-corrected chi connectivity index (χ2v) is 4.00. The van der Waals surface area contributed by atoms with Gasteiger partial charge in [0.2, 0.25) is 0 Å². The summed E-state index contributed by atoms with van der Waals surface area (Å²) in [6.45, 7) is 2.10. The molecular formula is C9H11N3OS. The fraction of sp³-hybridized carbons (Fsp3) is 0.333. The highest BCUT2D eigenvalue weighted by molar-refractivity contribution is 7.18. The molecule has 5 heteroatoms. The minimum atomic E-state index is 0.333. The molecule has 0 aliphatic heterocycles. The fourth-order valence-corrected chi connectivity index (χ4v) is 2.21. The fourth-order valence-electron chi connectivity index (χ4n) is 1.24. The van der Waals surface area contributed by atoms with Crippen molar-refractivity contribution in [2.75, 3.05) is 12.8 Å². The van der Waals surface area contributed by atoms with E-state index in [9.17, 15) is 0 Å². The zero-order valence-corrected chi connectivity index (χ0v) is 8.89. The van der Waals surface area contributed by atoms with Gasteiger partial charge in [0.15, 0.2) is 0 Å². The van der Waals surface area contributed by atoms with E-state index in [1.54, 1.807) is 11.3 Å². The minimum Gasteiger partial charge on any atom is -0.467 e. The number of aromatic nitrogens is 2. The van der Waals surface area contributed by atoms with Crippen LogP contribution in [0.1, 0.15) is 11.8 Å². The van der Waals surface area contributed by atoms with E-state index in [1.807, 2.05) is 6.07 Å². The van der Waals surface area contributed by atoms with Crippen LogP contribution < -0.4 is 10.5 Å². The second-order valence-electron chi connectivity index (χ2n) is 2.88. The van der Waals surface area contributed by atoms with Crippen LogP contribution in [0.3, 0.4) is 0 Å². The topological polar surface area (TPSA) is 61.0 Å². The van der Waals surface area contributed by atoms with Gasteiger partial charge < -0.3 is 10.5 Å². The maximum absolute atomic E-state index is 5.78. The number of hydrogen-bond donors (Lipinski definition) is 1. The number of hydrogen-bond acceptors (Lipinski definition) is 5. The van der Waals surface area contributed by atoms with Gasteiger partial charge >= 0.3 is 6.01 Å². The number of anilines is 1. The van der Waals surface area contributed by atoms with Gasteiger partial charge in [-0.15, -0.1) is 11.3 Å². The van der Waals surface area contributed by atoms with E-state index in [4.69, 9.17) is 10.5 Å². The van der Waals surface area contributed by atoms with Crippen LogP contribution in [0.4, 0.5) is 5.82 Å². The molecule has 2 N–H and O–H groups in total. The molecule has 0 saturated carbocycles. The molecule has 0 aliphatic rings. The number of nitrogen functional groups attached to an aromatic ring is 1. The quantitative estimate of drug-likeness (QED) is 0.819. The van der Waals surface area contributed by atoms with Crippen LogP contribution in [-0.4, -0.2) is 17.1 Å². The molecule has 2 aromatic heterocycles. The zero-order chi connectivity index (χ0) is 10.1. The van der Waals surface area contributed by atoms with Gasteiger partial charge in [0, 0.05) is 4.88 Å². The highest BCUT2D eigenvalue weighted by atomic mass is 32.1. The van der Waals surface area contributed by atoms with Gasteiger partial charge in [-0.2, -0.15) is 9.97 Å². The van der Waals surface area contributed by atoms with Crippen molar-refractivity contribution in [2.45, 2.75) is 13.3 Å². The normalized spacial score (nSPS) is 10.7. The van der Waals surface area contributed by atoms with Crippen molar-refractivity contribution in [1.82, 2.24) is 9.97 Å². The first-order chi connectivity index (χ1) is 6.74. The van der Waals surface area contributed by atoms with Crippen LogP contribution in [0, 0.1) is 0 Å². The van der Waals surface area contributed by atoms with E-state index < -0.39 is 0 Å². The summed E-state index contributed by atoms with van der Waals surface area (Å²) >= 11 is 1.63. The summed E-state index contributed by atoms with van der Waals surface area (Å²) < 4.78 is 4.95. The molecule has 2 aromatic rings. The van der Waals surface area contributed by atoms with Crippen molar-refractivity contribution >= 4 is 27.4 Å². The lowest BCUT2D eigenvalue weighted by molar-refractivity contribution is 0.383. The molecule has 74 valence electrons. The lowest BCUT2D eigenvalue weighted by Crippen LogP contribution is -1.96. The number of nitrogens with zero attached hydrogens (tertiary/aromatic N) is 2. The Labute approximate surface area is 85.7 Å². The van der Waals surface area contributed by atoms with Crippen LogP contribution in [-0.2, 0) is 6.42 Å². The minimum absolute atomic E-state index is 0.333. The Morgan fingerprint density at radius 3 is 2.93 bits per heavy atom. The smallest absolute Gasteiger partial charge is 0.319 e. The second kappa shape index (κ2) is 3.42. The number of thiophene rings is 1. The highest BCUT2D eigenvalue weighted by Gasteiger charge is 2.08. The van der Waals surface area contributed by atoms with E-state index in [-0.39, 0.29) is 0 Å². The first-order valence-electron chi connectivity index (χ1n) is 4.34. The molecule has 0 bridgehead atoms. The van der Waals surface area contributed by atoms with E-state index >= 15 is 0 Å². The van der Waals surface area contributed by atoms with Gasteiger partial charge in [-0.25, -0.2) is 0 Å². The van der Waals surface area contributed by atoms with Gasteiger partial charge in [-0.05, 0) is 12.5 Å². The van der Waals surface area contributed by atoms with E-state index in [0.29, 0.717) is 11.8 Å². The first kappa shape index (κ1) is 9.21. The average molecular weight is 209 g/mol. The molecule has 0 aliphatic carbocycles. The van der Waals surface area contributed by atoms with Gasteiger partial charge in [0.05, 0.1) is 12.5 Å². The van der Waals surface area contributed by atoms with Crippen molar-refractivity contribution in [3.63, 3.8) is 0 Å². The summed E-state index contributed by atoms with van der Waals surface area (Å²) in [5.41, 5.74) is 5.78. The largest absolute Gasteiger partial charge is 0.467 e. The number of methoxy groups -OCH3 is 1. The van der Waals surface area contributed by atoms with E-state index in [2.05, 4.69) is 16.9 Å². The van der Waals surface area contributed by atoms with Crippen molar-refractivity contribution in [2.24, 2.45) is 0 Å². The summed E-state index contributed by atoms with van der Waals surface area (Å²) in [5.74, 6) is 0.489. The molecule has 0 atom stereocenters. The lowest BCUT2D eigenvalue weighted by Gasteiger charge is -1.98. The molecule has 14 heavy (non-hydrogen) atoms. The first-order valence-corrected chi connectivity index (χ1v) is 5.16. The monoisotopic (exact) mass is 209 g/mol. The predicted molar refractivity (Wildman–Crippen MR) is 57.8 cm³/mol. The Kier molecular flexibility index (Phi) is 2.25. The van der Waals surface area contributed by atoms with Gasteiger partial charge in [0.1, 0.15) is 10.6 Å². The van der Waals surface area contributed by atoms with Crippen molar-refractivity contribution in [3.8, 4) is 6.01 Å². The maximum atomic E-state index is 5.78. The predicted octanol–water partition coefficient (Wildman–Crippen LogP) is 1.84. The van der Waals surface area contributed by atoms with Crippen molar-refractivity contribution < 1.29 is 4.74 Å². The Balaban J connectivity index is 2.67. The third-order valence-electron chi connectivity index (χ3n) is 1.98. The lowest BCUT2D eigenvalue weighted by atomic mass is 10.3. The molecule has 0 saturated heterocycles. The summed E-state index contributed by atoms with van der Waals surface area (Å²) in [5, 5.41) is 0.924. The molecule has 2 rings (SSSR count). The molecular weight excluding hydrogens is 198 g/mol. The number of rotatable bonds is 2. The molecule has 0 fully saturated rings. The number of aryl methyl sites for hydroxylation is 1. The summed E-state index contributed by atoms with van der Waals surface area (Å²) in [7, 11) is 1.54. The Bertz CT molecular complexity index is 466. The van der Waals surface area contributed by atoms with E-state index in [1.165, 1.54) is 12.0 Å². The third kappa shape index (κ3) is 1.39. The Hall–Kier alpha value is -1.36. The highest BCUT2D eigenvalue weighted by Crippen LogP contribution is 2.29. The van der Waals surface area contributed by atoms with Gasteiger partial charge in [-0.1, -0.05) is 6.92 Å². The summed E-state index contributed by atoms with van der Waals surface area (Å²) in [4.78, 5) is 10.4. The summed E-state index contributed by atoms with van der Waals surface area (Å²) in [6, 6.07) is 2.37. The van der Waals surface area contributed by atoms with Crippen LogP contribution >= 0.6 is 11.3 Å². The van der Waals surface area contributed by atoms with Crippen LogP contribution in [0.5, 0.6) is 6.01 Å². The van der Waals surface area contributed by atoms with Crippen molar-refractivity contribution in [3.05, 3.63) is 10.9 Å². The van der Waals surface area contributed by atoms with Gasteiger partial charge in [0.25, 0.3) is 0 Å². The van der Waals surface area contributed by atoms with Crippen molar-refractivity contribution in [1.29, 1.82) is 0 Å². The third-order valence-corrected chi connectivity index (χ3v) is 3.16. The molecule has 0 spiro atoms. The Morgan fingerprint density at radius 2 is 2.29 bits per heavy atom. The molecule has 0 aromatic carbocycles. The average Bonchev–Trinajstić information content (AvgIpc) is 2.61. The summed E-state index contributed by atoms with van der Waals surface area (Å²) in [6.07, 6.45) is 0.989. The SMILES string of the molecule is CCc1cc2c(N)nc(OC)nc2s1. The van der Waals surface area contributed by atoms with Gasteiger partial charge in [-0.3, -0.25) is 0 Å². The molecule has 4 nitrogen and oxygen atoms in total. The number of nitrogens with two attached hydrogens (primary N) is 1. The zero-order valence-electron chi connectivity index (χ0n) is 8.07. The van der Waals surface area contributed by atoms with E-state index in [0.717, 1.165) is 16.6 Å². The number of ether oxygens (including phenoxy) is 1. The standard InChI is InChI=1S/C9H11N3OS/c1-3-5-4-6-7(10)11-9(13-2)12-8(6)14-5/h4H,3H2,1-2H3,(H2,10,11,12). The van der Waals surface area contributed by atoms with Crippen LogP contribution in [0.25, 0.3) is 10.2 Å². The Morgan fingerprint density at radius 1 is 1.50 bits per heavy atom.